The molecule has 1 spiro atoms. The molecular weight excluding hydrogens is 347 g/mol. The quantitative estimate of drug-likeness (QED) is 0.880. The lowest BCUT2D eigenvalue weighted by molar-refractivity contribution is 0.0728. The van der Waals surface area contributed by atoms with Gasteiger partial charge in [-0.2, -0.15) is 5.10 Å². The minimum atomic E-state index is -0.329. The van der Waals surface area contributed by atoms with E-state index in [0.29, 0.717) is 17.8 Å². The van der Waals surface area contributed by atoms with Crippen LogP contribution in [-0.2, 0) is 0 Å². The topological polar surface area (TPSA) is 61.6 Å². The lowest BCUT2D eigenvalue weighted by Gasteiger charge is -2.37. The molecule has 0 unspecified atom stereocenters. The second-order valence-electron chi connectivity index (χ2n) is 8.02. The van der Waals surface area contributed by atoms with Crippen LogP contribution in [0.25, 0.3) is 5.69 Å². The van der Waals surface area contributed by atoms with Crippen LogP contribution < -0.4 is 0 Å². The smallest absolute Gasteiger partial charge is 0.278 e. The predicted molar refractivity (Wildman–Crippen MR) is 99.6 cm³/mol. The van der Waals surface area contributed by atoms with Gasteiger partial charge in [-0.05, 0) is 75.5 Å². The number of aromatic hydroxyl groups is 1. The average molecular weight is 372 g/mol. The average Bonchev–Trinajstić information content (AvgIpc) is 3.22. The second-order valence-corrected chi connectivity index (χ2v) is 8.02. The summed E-state index contributed by atoms with van der Waals surface area (Å²) in [6, 6.07) is 4.33. The summed E-state index contributed by atoms with van der Waals surface area (Å²) < 4.78 is 14.8. The molecule has 6 nitrogen and oxygen atoms in total. The minimum absolute atomic E-state index is 0.0590. The van der Waals surface area contributed by atoms with Crippen molar-refractivity contribution in [2.75, 3.05) is 33.2 Å². The van der Waals surface area contributed by atoms with Crippen LogP contribution in [0.1, 0.15) is 35.3 Å². The first kappa shape index (κ1) is 18.0. The zero-order valence-electron chi connectivity index (χ0n) is 15.8. The third kappa shape index (κ3) is 3.32. The number of nitrogens with zero attached hydrogens (tertiary/aromatic N) is 4. The van der Waals surface area contributed by atoms with Crippen molar-refractivity contribution in [2.24, 2.45) is 5.41 Å². The number of amides is 1. The predicted octanol–water partition coefficient (Wildman–Crippen LogP) is 2.58. The third-order valence-corrected chi connectivity index (χ3v) is 6.08. The van der Waals surface area contributed by atoms with E-state index in [4.69, 9.17) is 0 Å². The van der Waals surface area contributed by atoms with Gasteiger partial charge in [0.25, 0.3) is 5.91 Å². The molecule has 0 saturated carbocycles. The van der Waals surface area contributed by atoms with Gasteiger partial charge in [0.05, 0.1) is 11.9 Å². The number of hydrogen-bond acceptors (Lipinski definition) is 4. The molecule has 3 heterocycles. The van der Waals surface area contributed by atoms with Gasteiger partial charge < -0.3 is 14.9 Å². The maximum atomic E-state index is 13.3. The van der Waals surface area contributed by atoms with Crippen molar-refractivity contribution in [1.29, 1.82) is 0 Å². The first-order valence-electron chi connectivity index (χ1n) is 9.40. The maximum Gasteiger partial charge on any atom is 0.278 e. The number of halogens is 1. The molecule has 2 aliphatic heterocycles. The Hall–Kier alpha value is -2.41. The first-order valence-corrected chi connectivity index (χ1v) is 9.40. The van der Waals surface area contributed by atoms with Crippen LogP contribution in [0.4, 0.5) is 4.39 Å². The van der Waals surface area contributed by atoms with Gasteiger partial charge in [-0.25, -0.2) is 9.07 Å². The van der Waals surface area contributed by atoms with Gasteiger partial charge in [-0.1, -0.05) is 0 Å². The van der Waals surface area contributed by atoms with Gasteiger partial charge in [0.2, 0.25) is 0 Å². The molecule has 144 valence electrons. The van der Waals surface area contributed by atoms with E-state index in [1.165, 1.54) is 23.0 Å². The van der Waals surface area contributed by atoms with Gasteiger partial charge in [0, 0.05) is 13.1 Å². The van der Waals surface area contributed by atoms with Crippen LogP contribution in [0.3, 0.4) is 0 Å². The molecule has 27 heavy (non-hydrogen) atoms. The van der Waals surface area contributed by atoms with E-state index in [-0.39, 0.29) is 28.6 Å². The van der Waals surface area contributed by atoms with E-state index in [9.17, 15) is 14.3 Å². The van der Waals surface area contributed by atoms with E-state index in [2.05, 4.69) is 17.0 Å². The van der Waals surface area contributed by atoms with Crippen LogP contribution in [0.2, 0.25) is 0 Å². The Labute approximate surface area is 158 Å². The van der Waals surface area contributed by atoms with E-state index in [1.54, 1.807) is 13.0 Å². The summed E-state index contributed by atoms with van der Waals surface area (Å²) in [4.78, 5) is 17.1. The summed E-state index contributed by atoms with van der Waals surface area (Å²) in [7, 11) is 2.13. The highest BCUT2D eigenvalue weighted by atomic mass is 19.1. The van der Waals surface area contributed by atoms with Crippen LogP contribution >= 0.6 is 0 Å². The Morgan fingerprint density at radius 2 is 1.93 bits per heavy atom. The molecule has 2 aromatic rings. The highest BCUT2D eigenvalue weighted by molar-refractivity contribution is 5.95. The fourth-order valence-electron chi connectivity index (χ4n) is 4.28. The van der Waals surface area contributed by atoms with Gasteiger partial charge in [-0.15, -0.1) is 0 Å². The fraction of sp³-hybridized carbons (Fsp3) is 0.500. The lowest BCUT2D eigenvalue weighted by atomic mass is 9.78. The number of carbonyl (C=O) groups is 1. The van der Waals surface area contributed by atoms with Crippen LogP contribution in [-0.4, -0.2) is 63.8 Å². The largest absolute Gasteiger partial charge is 0.504 e. The van der Waals surface area contributed by atoms with E-state index >= 15 is 0 Å². The summed E-state index contributed by atoms with van der Waals surface area (Å²) in [6.45, 7) is 5.31. The van der Waals surface area contributed by atoms with Crippen molar-refractivity contribution in [3.8, 4) is 11.4 Å². The van der Waals surface area contributed by atoms with Gasteiger partial charge in [0.1, 0.15) is 5.82 Å². The number of hydrogen-bond donors (Lipinski definition) is 1. The molecule has 0 bridgehead atoms. The Morgan fingerprint density at radius 3 is 2.63 bits per heavy atom. The summed E-state index contributed by atoms with van der Waals surface area (Å²) >= 11 is 0. The number of aromatic nitrogens is 2. The molecule has 4 rings (SSSR count). The van der Waals surface area contributed by atoms with E-state index in [1.807, 2.05) is 4.90 Å². The molecule has 0 radical (unpaired) electrons. The summed E-state index contributed by atoms with van der Waals surface area (Å²) in [6.07, 6.45) is 4.62. The third-order valence-electron chi connectivity index (χ3n) is 6.08. The summed E-state index contributed by atoms with van der Waals surface area (Å²) in [5.74, 6) is -0.709. The molecule has 2 saturated heterocycles. The number of likely N-dealkylation sites (tertiary alicyclic amines) is 2. The lowest BCUT2D eigenvalue weighted by Crippen LogP contribution is -2.40. The van der Waals surface area contributed by atoms with Gasteiger partial charge in [-0.3, -0.25) is 4.79 Å². The number of aryl methyl sites for hydroxylation is 1. The SMILES string of the molecule is Cc1cc(F)ccc1-n1cc(O)c(C(=O)N2CCC3(CCN(C)CC3)C2)n1. The van der Waals surface area contributed by atoms with Crippen molar-refractivity contribution in [1.82, 2.24) is 19.6 Å². The summed E-state index contributed by atoms with van der Waals surface area (Å²) in [5.41, 5.74) is 1.58. The zero-order valence-corrected chi connectivity index (χ0v) is 15.8. The standard InChI is InChI=1S/C20H25FN4O2/c1-14-11-15(21)3-4-16(14)25-12-17(26)18(22-25)19(27)24-10-7-20(13-24)5-8-23(2)9-6-20/h3-4,11-12,26H,5-10,13H2,1-2H3. The molecule has 1 aromatic carbocycles. The van der Waals surface area contributed by atoms with Crippen molar-refractivity contribution in [2.45, 2.75) is 26.2 Å². The monoisotopic (exact) mass is 372 g/mol. The van der Waals surface area contributed by atoms with E-state index < -0.39 is 0 Å². The fourth-order valence-corrected chi connectivity index (χ4v) is 4.28. The molecule has 1 N–H and O–H groups in total. The molecule has 2 fully saturated rings. The Kier molecular flexibility index (Phi) is 4.42. The second kappa shape index (κ2) is 6.64. The highest BCUT2D eigenvalue weighted by Gasteiger charge is 2.42. The highest BCUT2D eigenvalue weighted by Crippen LogP contribution is 2.40. The minimum Gasteiger partial charge on any atom is -0.504 e. The molecule has 0 aliphatic carbocycles. The summed E-state index contributed by atoms with van der Waals surface area (Å²) in [5, 5.41) is 14.6. The van der Waals surface area contributed by atoms with E-state index in [0.717, 1.165) is 38.9 Å². The van der Waals surface area contributed by atoms with Crippen LogP contribution in [0.5, 0.6) is 5.75 Å². The van der Waals surface area contributed by atoms with Crippen molar-refractivity contribution >= 4 is 5.91 Å². The maximum absolute atomic E-state index is 13.3. The van der Waals surface area contributed by atoms with Crippen molar-refractivity contribution in [3.05, 3.63) is 41.5 Å². The molecular formula is C20H25FN4O2. The van der Waals surface area contributed by atoms with Crippen molar-refractivity contribution < 1.29 is 14.3 Å². The zero-order chi connectivity index (χ0) is 19.2. The Bertz CT molecular complexity index is 871. The van der Waals surface area contributed by atoms with Crippen LogP contribution in [0, 0.1) is 18.2 Å². The number of piperidine rings is 1. The van der Waals surface area contributed by atoms with Crippen molar-refractivity contribution in [3.63, 3.8) is 0 Å². The van der Waals surface area contributed by atoms with Crippen LogP contribution in [0.15, 0.2) is 24.4 Å². The number of rotatable bonds is 2. The Morgan fingerprint density at radius 1 is 1.22 bits per heavy atom. The normalized spacial score (nSPS) is 19.7. The molecule has 7 heteroatoms. The van der Waals surface area contributed by atoms with Gasteiger partial charge >= 0.3 is 0 Å². The molecule has 1 amide bonds. The van der Waals surface area contributed by atoms with Gasteiger partial charge in [0.15, 0.2) is 11.4 Å². The molecule has 1 aromatic heterocycles. The number of carbonyl (C=O) groups excluding carboxylic acids is 1. The number of benzene rings is 1. The molecule has 2 aliphatic rings. The Balaban J connectivity index is 1.54. The molecule has 0 atom stereocenters. The first-order chi connectivity index (χ1) is 12.9.